The molecule has 2 aromatic rings. The largest absolute Gasteiger partial charge is 0.486 e. The van der Waals surface area contributed by atoms with Crippen LogP contribution < -0.4 is 14.8 Å². The van der Waals surface area contributed by atoms with Crippen molar-refractivity contribution in [1.82, 2.24) is 14.1 Å². The molecule has 1 fully saturated rings. The number of ether oxygens (including phenoxy) is 2. The third-order valence-electron chi connectivity index (χ3n) is 5.69. The Kier molecular flexibility index (Phi) is 5.93. The van der Waals surface area contributed by atoms with Crippen LogP contribution in [0.5, 0.6) is 11.5 Å². The summed E-state index contributed by atoms with van der Waals surface area (Å²) in [5, 5.41) is 7.47. The highest BCUT2D eigenvalue weighted by molar-refractivity contribution is 7.89. The van der Waals surface area contributed by atoms with Gasteiger partial charge in [-0.15, -0.1) is 0 Å². The molecule has 0 unspecified atom stereocenters. The van der Waals surface area contributed by atoms with Crippen LogP contribution >= 0.6 is 0 Å². The van der Waals surface area contributed by atoms with Gasteiger partial charge in [-0.1, -0.05) is 0 Å². The Bertz CT molecular complexity index is 1110. The monoisotopic (exact) mass is 462 g/mol. The summed E-state index contributed by atoms with van der Waals surface area (Å²) in [4.78, 5) is 13.1. The van der Waals surface area contributed by atoms with Crippen molar-refractivity contribution < 1.29 is 22.7 Å². The number of anilines is 1. The standard InChI is InChI=1S/C22H30N4O5S/c1-15-13-20(26(24-15)22(2,3)4)23-21(27)16-7-9-25(10-8-16)32(28,29)17-5-6-18-19(14-17)31-12-11-30-18/h5-6,13-14,16H,7-12H2,1-4H3,(H,23,27). The van der Waals surface area contributed by atoms with E-state index in [1.54, 1.807) is 6.07 Å². The summed E-state index contributed by atoms with van der Waals surface area (Å²) in [7, 11) is -3.67. The van der Waals surface area contributed by atoms with E-state index in [4.69, 9.17) is 9.47 Å². The molecule has 0 bridgehead atoms. The SMILES string of the molecule is Cc1cc(NC(=O)C2CCN(S(=O)(=O)c3ccc4c(c3)OCCO4)CC2)n(C(C)(C)C)n1. The lowest BCUT2D eigenvalue weighted by Crippen LogP contribution is -2.41. The first-order valence-electron chi connectivity index (χ1n) is 10.8. The summed E-state index contributed by atoms with van der Waals surface area (Å²) in [6.07, 6.45) is 0.913. The molecule has 3 heterocycles. The van der Waals surface area contributed by atoms with Crippen molar-refractivity contribution in [3.05, 3.63) is 30.0 Å². The Hall–Kier alpha value is -2.59. The molecule has 1 N–H and O–H groups in total. The normalized spacial score (nSPS) is 17.9. The molecule has 1 amide bonds. The zero-order valence-corrected chi connectivity index (χ0v) is 19.7. The van der Waals surface area contributed by atoms with Gasteiger partial charge in [0.25, 0.3) is 0 Å². The Morgan fingerprint density at radius 2 is 1.75 bits per heavy atom. The Morgan fingerprint density at radius 3 is 2.41 bits per heavy atom. The van der Waals surface area contributed by atoms with Gasteiger partial charge in [0.2, 0.25) is 15.9 Å². The molecule has 1 aromatic carbocycles. The number of hydrogen-bond acceptors (Lipinski definition) is 6. The van der Waals surface area contributed by atoms with Crippen molar-refractivity contribution >= 4 is 21.7 Å². The molecule has 32 heavy (non-hydrogen) atoms. The number of sulfonamides is 1. The predicted octanol–water partition coefficient (Wildman–Crippen LogP) is 2.76. The van der Waals surface area contributed by atoms with Gasteiger partial charge < -0.3 is 14.8 Å². The topological polar surface area (TPSA) is 103 Å². The molecule has 2 aliphatic rings. The van der Waals surface area contributed by atoms with Crippen molar-refractivity contribution in [3.8, 4) is 11.5 Å². The summed E-state index contributed by atoms with van der Waals surface area (Å²) in [6, 6.07) is 6.53. The lowest BCUT2D eigenvalue weighted by Gasteiger charge is -2.31. The molecule has 0 atom stereocenters. The molecule has 0 spiro atoms. The Balaban J connectivity index is 1.41. The number of piperidine rings is 1. The fourth-order valence-corrected chi connectivity index (χ4v) is 5.51. The van der Waals surface area contributed by atoms with Gasteiger partial charge in [0.05, 0.1) is 16.1 Å². The number of nitrogens with one attached hydrogen (secondary N) is 1. The minimum atomic E-state index is -3.67. The number of fused-ring (bicyclic) bond motifs is 1. The fraction of sp³-hybridized carbons (Fsp3) is 0.545. The van der Waals surface area contributed by atoms with Crippen LogP contribution in [0.25, 0.3) is 0 Å². The summed E-state index contributed by atoms with van der Waals surface area (Å²) >= 11 is 0. The van der Waals surface area contributed by atoms with Gasteiger partial charge in [-0.2, -0.15) is 9.40 Å². The van der Waals surface area contributed by atoms with Crippen molar-refractivity contribution in [2.75, 3.05) is 31.6 Å². The highest BCUT2D eigenvalue weighted by Crippen LogP contribution is 2.34. The molecule has 1 aromatic heterocycles. The number of aryl methyl sites for hydroxylation is 1. The molecule has 2 aliphatic heterocycles. The van der Waals surface area contributed by atoms with E-state index in [1.807, 2.05) is 38.4 Å². The van der Waals surface area contributed by atoms with Gasteiger partial charge in [-0.25, -0.2) is 13.1 Å². The van der Waals surface area contributed by atoms with Crippen LogP contribution in [0.15, 0.2) is 29.2 Å². The second kappa shape index (κ2) is 8.40. The van der Waals surface area contributed by atoms with Crippen LogP contribution in [0, 0.1) is 12.8 Å². The second-order valence-corrected chi connectivity index (χ2v) is 11.2. The van der Waals surface area contributed by atoms with E-state index in [-0.39, 0.29) is 35.3 Å². The first-order valence-corrected chi connectivity index (χ1v) is 12.3. The van der Waals surface area contributed by atoms with Gasteiger partial charge >= 0.3 is 0 Å². The minimum absolute atomic E-state index is 0.105. The highest BCUT2D eigenvalue weighted by atomic mass is 32.2. The van der Waals surface area contributed by atoms with Crippen molar-refractivity contribution in [3.63, 3.8) is 0 Å². The summed E-state index contributed by atoms with van der Waals surface area (Å²) in [5.74, 6) is 1.29. The molecule has 0 saturated carbocycles. The van der Waals surface area contributed by atoms with Crippen LogP contribution in [-0.2, 0) is 20.4 Å². The number of benzene rings is 1. The maximum atomic E-state index is 13.1. The fourth-order valence-electron chi connectivity index (χ4n) is 4.02. The molecular weight excluding hydrogens is 432 g/mol. The zero-order chi connectivity index (χ0) is 23.1. The number of carbonyl (C=O) groups excluding carboxylic acids is 1. The van der Waals surface area contributed by atoms with Crippen LogP contribution in [0.2, 0.25) is 0 Å². The smallest absolute Gasteiger partial charge is 0.243 e. The lowest BCUT2D eigenvalue weighted by molar-refractivity contribution is -0.121. The molecule has 4 rings (SSSR count). The van der Waals surface area contributed by atoms with E-state index in [9.17, 15) is 13.2 Å². The van der Waals surface area contributed by atoms with Crippen molar-refractivity contribution in [2.45, 2.75) is 51.0 Å². The van der Waals surface area contributed by atoms with Gasteiger partial charge in [-0.05, 0) is 52.7 Å². The minimum Gasteiger partial charge on any atom is -0.486 e. The number of amides is 1. The highest BCUT2D eigenvalue weighted by Gasteiger charge is 2.33. The van der Waals surface area contributed by atoms with Gasteiger partial charge in [0.1, 0.15) is 19.0 Å². The third kappa shape index (κ3) is 4.47. The van der Waals surface area contributed by atoms with Gasteiger partial charge in [0.15, 0.2) is 11.5 Å². The van der Waals surface area contributed by atoms with Gasteiger partial charge in [0, 0.05) is 31.1 Å². The van der Waals surface area contributed by atoms with E-state index < -0.39 is 10.0 Å². The Morgan fingerprint density at radius 1 is 1.09 bits per heavy atom. The number of rotatable bonds is 4. The number of aromatic nitrogens is 2. The average molecular weight is 463 g/mol. The summed E-state index contributed by atoms with van der Waals surface area (Å²) < 4.78 is 40.5. The van der Waals surface area contributed by atoms with Crippen molar-refractivity contribution in [1.29, 1.82) is 0 Å². The first-order chi connectivity index (χ1) is 15.1. The number of nitrogens with zero attached hydrogens (tertiary/aromatic N) is 3. The van der Waals surface area contributed by atoms with E-state index in [0.29, 0.717) is 43.4 Å². The van der Waals surface area contributed by atoms with Crippen molar-refractivity contribution in [2.24, 2.45) is 5.92 Å². The van der Waals surface area contributed by atoms with Crippen LogP contribution in [-0.4, -0.2) is 54.7 Å². The summed E-state index contributed by atoms with van der Waals surface area (Å²) in [6.45, 7) is 9.37. The second-order valence-electron chi connectivity index (χ2n) is 9.23. The average Bonchev–Trinajstić information content (AvgIpc) is 3.14. The molecule has 9 nitrogen and oxygen atoms in total. The van der Waals surface area contributed by atoms with E-state index in [1.165, 1.54) is 16.4 Å². The molecule has 174 valence electrons. The number of hydrogen-bond donors (Lipinski definition) is 1. The van der Waals surface area contributed by atoms with E-state index >= 15 is 0 Å². The zero-order valence-electron chi connectivity index (χ0n) is 18.9. The Labute approximate surface area is 188 Å². The third-order valence-corrected chi connectivity index (χ3v) is 7.59. The first kappa shape index (κ1) is 22.6. The molecule has 0 aliphatic carbocycles. The predicted molar refractivity (Wildman–Crippen MR) is 120 cm³/mol. The number of carbonyl (C=O) groups is 1. The maximum Gasteiger partial charge on any atom is 0.243 e. The van der Waals surface area contributed by atoms with Crippen LogP contribution in [0.1, 0.15) is 39.3 Å². The molecule has 1 saturated heterocycles. The quantitative estimate of drug-likeness (QED) is 0.750. The van der Waals surface area contributed by atoms with E-state index in [0.717, 1.165) is 5.69 Å². The van der Waals surface area contributed by atoms with Crippen LogP contribution in [0.3, 0.4) is 0 Å². The van der Waals surface area contributed by atoms with Crippen LogP contribution in [0.4, 0.5) is 5.82 Å². The molecule has 10 heteroatoms. The molecular formula is C22H30N4O5S. The summed E-state index contributed by atoms with van der Waals surface area (Å²) in [5.41, 5.74) is 0.563. The maximum absolute atomic E-state index is 13.1. The van der Waals surface area contributed by atoms with Gasteiger partial charge in [-0.3, -0.25) is 4.79 Å². The molecule has 0 radical (unpaired) electrons. The van der Waals surface area contributed by atoms with E-state index in [2.05, 4.69) is 10.4 Å². The lowest BCUT2D eigenvalue weighted by atomic mass is 9.97.